The molecule has 0 bridgehead atoms. The smallest absolute Gasteiger partial charge is 0.339 e. The monoisotopic (exact) mass is 569 g/mol. The van der Waals surface area contributed by atoms with E-state index < -0.39 is 24.0 Å². The number of hydrogen-bond donors (Lipinski definition) is 5. The molecule has 2 atom stereocenters. The van der Waals surface area contributed by atoms with Gasteiger partial charge in [-0.2, -0.15) is 0 Å². The number of nitrogens with two attached hydrogens (primary N) is 2. The first-order valence-corrected chi connectivity index (χ1v) is 13.5. The Morgan fingerprint density at radius 1 is 1.05 bits per heavy atom. The van der Waals surface area contributed by atoms with E-state index in [1.54, 1.807) is 30.5 Å². The highest BCUT2D eigenvalue weighted by Crippen LogP contribution is 2.25. The second kappa shape index (κ2) is 13.2. The highest BCUT2D eigenvalue weighted by atomic mass is 16.5. The van der Waals surface area contributed by atoms with Crippen molar-refractivity contribution in [3.05, 3.63) is 106 Å². The fraction of sp³-hybridized carbons (Fsp3) is 0.250. The molecule has 1 amide bonds. The van der Waals surface area contributed by atoms with Crippen LogP contribution in [0.2, 0.25) is 0 Å². The van der Waals surface area contributed by atoms with E-state index in [0.29, 0.717) is 23.4 Å². The summed E-state index contributed by atoms with van der Waals surface area (Å²) < 4.78 is 5.17. The number of H-pyrrole nitrogens is 1. The molecule has 3 aromatic carbocycles. The van der Waals surface area contributed by atoms with Crippen molar-refractivity contribution in [2.45, 2.75) is 45.3 Å². The topological polar surface area (TPSA) is 173 Å². The number of aromatic carboxylic acids is 1. The molecule has 10 nitrogen and oxygen atoms in total. The van der Waals surface area contributed by atoms with Crippen molar-refractivity contribution in [2.75, 3.05) is 7.11 Å². The zero-order valence-corrected chi connectivity index (χ0v) is 23.8. The molecule has 42 heavy (non-hydrogen) atoms. The zero-order valence-electron chi connectivity index (χ0n) is 23.8. The van der Waals surface area contributed by atoms with Gasteiger partial charge < -0.3 is 31.6 Å². The highest BCUT2D eigenvalue weighted by Gasteiger charge is 2.25. The van der Waals surface area contributed by atoms with Crippen LogP contribution in [0.5, 0.6) is 5.75 Å². The molecule has 7 N–H and O–H groups in total. The minimum absolute atomic E-state index is 0.0440. The minimum Gasteiger partial charge on any atom is -0.496 e. The molecule has 1 heterocycles. The maximum absolute atomic E-state index is 13.5. The number of imidazole rings is 1. The van der Waals surface area contributed by atoms with Crippen LogP contribution >= 0.6 is 0 Å². The lowest BCUT2D eigenvalue weighted by Crippen LogP contribution is -2.36. The lowest BCUT2D eigenvalue weighted by molar-refractivity contribution is -0.120. The first-order valence-electron chi connectivity index (χ1n) is 13.5. The SMILES string of the molecule is COc1ccc(CNC(CC(=O)C(N)Cc2c(C)cc(C(N)=O)cc2C)c2nc(-c3ccccc3)c[nH]2)cc1C(=O)O. The molecule has 0 aliphatic heterocycles. The number of aryl methyl sites for hydroxylation is 2. The number of rotatable bonds is 13. The van der Waals surface area contributed by atoms with Crippen LogP contribution in [-0.4, -0.2) is 45.9 Å². The average molecular weight is 570 g/mol. The van der Waals surface area contributed by atoms with Crippen LogP contribution in [0.4, 0.5) is 0 Å². The Morgan fingerprint density at radius 2 is 1.74 bits per heavy atom. The molecule has 0 saturated heterocycles. The normalized spacial score (nSPS) is 12.5. The van der Waals surface area contributed by atoms with E-state index in [2.05, 4.69) is 10.3 Å². The van der Waals surface area contributed by atoms with E-state index in [0.717, 1.165) is 27.9 Å². The molecule has 0 radical (unpaired) electrons. The molecule has 0 saturated carbocycles. The van der Waals surface area contributed by atoms with Gasteiger partial charge in [0, 0.05) is 30.3 Å². The fourth-order valence-electron chi connectivity index (χ4n) is 4.95. The summed E-state index contributed by atoms with van der Waals surface area (Å²) in [5.74, 6) is -0.970. The number of Topliss-reactive ketones (excluding diaryl/α,β-unsaturated/α-hetero) is 1. The molecule has 4 aromatic rings. The predicted octanol–water partition coefficient (Wildman–Crippen LogP) is 3.86. The Balaban J connectivity index is 1.56. The third-order valence-corrected chi connectivity index (χ3v) is 7.27. The van der Waals surface area contributed by atoms with Crippen molar-refractivity contribution in [3.8, 4) is 17.0 Å². The maximum Gasteiger partial charge on any atom is 0.339 e. The first kappa shape index (κ1) is 30.2. The van der Waals surface area contributed by atoms with Gasteiger partial charge in [-0.3, -0.25) is 9.59 Å². The van der Waals surface area contributed by atoms with Crippen LogP contribution in [0.15, 0.2) is 66.9 Å². The van der Waals surface area contributed by atoms with Crippen LogP contribution in [0.25, 0.3) is 11.3 Å². The van der Waals surface area contributed by atoms with Gasteiger partial charge in [0.2, 0.25) is 5.91 Å². The predicted molar refractivity (Wildman–Crippen MR) is 159 cm³/mol. The summed E-state index contributed by atoms with van der Waals surface area (Å²) in [7, 11) is 1.42. The number of amides is 1. The number of nitrogens with one attached hydrogen (secondary N) is 2. The summed E-state index contributed by atoms with van der Waals surface area (Å²) >= 11 is 0. The van der Waals surface area contributed by atoms with E-state index in [4.69, 9.17) is 21.2 Å². The number of ether oxygens (including phenoxy) is 1. The number of carbonyl (C=O) groups excluding carboxylic acids is 2. The standard InChI is InChI=1S/C32H35N5O5/c1-18-11-22(30(34)39)12-19(2)23(18)14-25(33)28(38)15-26(31-36-17-27(37-31)21-7-5-4-6-8-21)35-16-20-9-10-29(42-3)24(13-20)32(40)41/h4-13,17,25-26,35H,14-16,33H2,1-3H3,(H2,34,39)(H,36,37)(H,40,41). The van der Waals surface area contributed by atoms with Crippen LogP contribution in [0.1, 0.15) is 61.3 Å². The van der Waals surface area contributed by atoms with Gasteiger partial charge in [0.1, 0.15) is 17.1 Å². The van der Waals surface area contributed by atoms with Crippen molar-refractivity contribution in [1.29, 1.82) is 0 Å². The largest absolute Gasteiger partial charge is 0.496 e. The summed E-state index contributed by atoms with van der Waals surface area (Å²) in [6.45, 7) is 4.00. The quantitative estimate of drug-likeness (QED) is 0.161. The van der Waals surface area contributed by atoms with E-state index >= 15 is 0 Å². The van der Waals surface area contributed by atoms with Gasteiger partial charge in [-0.1, -0.05) is 36.4 Å². The number of nitrogens with zero attached hydrogens (tertiary/aromatic N) is 1. The molecule has 0 aliphatic rings. The third kappa shape index (κ3) is 7.09. The Morgan fingerprint density at radius 3 is 2.36 bits per heavy atom. The van der Waals surface area contributed by atoms with E-state index in [1.165, 1.54) is 13.2 Å². The lowest BCUT2D eigenvalue weighted by atomic mass is 9.91. The van der Waals surface area contributed by atoms with Gasteiger partial charge in [-0.05, 0) is 66.8 Å². The second-order valence-electron chi connectivity index (χ2n) is 10.2. The van der Waals surface area contributed by atoms with E-state index in [-0.39, 0.29) is 30.1 Å². The molecule has 2 unspecified atom stereocenters. The van der Waals surface area contributed by atoms with E-state index in [9.17, 15) is 19.5 Å². The Kier molecular flexibility index (Phi) is 9.51. The summed E-state index contributed by atoms with van der Waals surface area (Å²) in [4.78, 5) is 44.7. The molecular weight excluding hydrogens is 534 g/mol. The number of carboxylic acids is 1. The maximum atomic E-state index is 13.5. The molecule has 218 valence electrons. The van der Waals surface area contributed by atoms with E-state index in [1.807, 2.05) is 44.2 Å². The Bertz CT molecular complexity index is 1580. The zero-order chi connectivity index (χ0) is 30.4. The Labute approximate surface area is 244 Å². The third-order valence-electron chi connectivity index (χ3n) is 7.27. The van der Waals surface area contributed by atoms with Crippen molar-refractivity contribution < 1.29 is 24.2 Å². The van der Waals surface area contributed by atoms with Crippen molar-refractivity contribution >= 4 is 17.7 Å². The van der Waals surface area contributed by atoms with Crippen LogP contribution < -0.4 is 21.5 Å². The average Bonchev–Trinajstić information content (AvgIpc) is 3.47. The lowest BCUT2D eigenvalue weighted by Gasteiger charge is -2.20. The number of benzene rings is 3. The number of carboxylic acid groups (broad SMARTS) is 1. The van der Waals surface area contributed by atoms with Gasteiger partial charge in [0.15, 0.2) is 5.78 Å². The van der Waals surface area contributed by atoms with Gasteiger partial charge in [-0.15, -0.1) is 0 Å². The fourth-order valence-corrected chi connectivity index (χ4v) is 4.95. The summed E-state index contributed by atoms with van der Waals surface area (Å²) in [5.41, 5.74) is 17.3. The number of carbonyl (C=O) groups is 3. The van der Waals surface area contributed by atoms with Gasteiger partial charge >= 0.3 is 5.97 Å². The van der Waals surface area contributed by atoms with Crippen LogP contribution in [-0.2, 0) is 17.8 Å². The highest BCUT2D eigenvalue weighted by molar-refractivity contribution is 5.93. The Hall–Kier alpha value is -4.80. The summed E-state index contributed by atoms with van der Waals surface area (Å²) in [6.07, 6.45) is 2.13. The van der Waals surface area contributed by atoms with Crippen molar-refractivity contribution in [2.24, 2.45) is 11.5 Å². The molecule has 10 heteroatoms. The van der Waals surface area contributed by atoms with Crippen LogP contribution in [0, 0.1) is 13.8 Å². The van der Waals surface area contributed by atoms with Crippen LogP contribution in [0.3, 0.4) is 0 Å². The summed E-state index contributed by atoms with van der Waals surface area (Å²) in [6, 6.07) is 16.7. The molecular formula is C32H35N5O5. The second-order valence-corrected chi connectivity index (χ2v) is 10.2. The first-order chi connectivity index (χ1) is 20.1. The van der Waals surface area contributed by atoms with Crippen molar-refractivity contribution in [1.82, 2.24) is 15.3 Å². The molecule has 0 fully saturated rings. The summed E-state index contributed by atoms with van der Waals surface area (Å²) in [5, 5.41) is 12.9. The number of hydrogen-bond acceptors (Lipinski definition) is 7. The number of aromatic amines is 1. The number of methoxy groups -OCH3 is 1. The van der Waals surface area contributed by atoms with Gasteiger partial charge in [-0.25, -0.2) is 9.78 Å². The number of aromatic nitrogens is 2. The molecule has 0 aliphatic carbocycles. The van der Waals surface area contributed by atoms with Gasteiger partial charge in [0.25, 0.3) is 0 Å². The number of ketones is 1. The number of primary amides is 1. The minimum atomic E-state index is -1.10. The molecule has 1 aromatic heterocycles. The molecule has 4 rings (SSSR count). The van der Waals surface area contributed by atoms with Crippen molar-refractivity contribution in [3.63, 3.8) is 0 Å². The molecule has 0 spiro atoms. The van der Waals surface area contributed by atoms with Gasteiger partial charge in [0.05, 0.1) is 24.9 Å².